The van der Waals surface area contributed by atoms with Crippen molar-refractivity contribution in [3.63, 3.8) is 0 Å². The molecule has 8 heteroatoms. The normalized spacial score (nSPS) is 14.1. The first-order valence-electron chi connectivity index (χ1n) is 11.1. The van der Waals surface area contributed by atoms with Crippen molar-refractivity contribution in [1.82, 2.24) is 20.0 Å². The summed E-state index contributed by atoms with van der Waals surface area (Å²) in [5, 5.41) is 4.04. The third-order valence-corrected chi connectivity index (χ3v) is 5.49. The van der Waals surface area contributed by atoms with Gasteiger partial charge in [-0.05, 0) is 36.8 Å². The number of carbonyl (C=O) groups is 1. The molecule has 0 saturated carbocycles. The molecule has 1 aliphatic rings. The van der Waals surface area contributed by atoms with E-state index >= 15 is 0 Å². The standard InChI is InChI=1S/C24H29N5O3/c1-4-31-20-8-5-18(6-9-20)15-22(30)29-13-11-28(12-14-29)21-10-7-19(16-25-21)23-26-24(17(2)3)32-27-23/h5-10,16-17H,4,11-15H2,1-3H3. The molecule has 0 atom stereocenters. The Balaban J connectivity index is 1.30. The molecule has 0 radical (unpaired) electrons. The van der Waals surface area contributed by atoms with Crippen LogP contribution in [0.3, 0.4) is 0 Å². The summed E-state index contributed by atoms with van der Waals surface area (Å²) < 4.78 is 10.7. The number of ether oxygens (including phenoxy) is 1. The molecule has 2 aromatic heterocycles. The Morgan fingerprint density at radius 2 is 1.84 bits per heavy atom. The van der Waals surface area contributed by atoms with Gasteiger partial charge in [0.1, 0.15) is 11.6 Å². The Hall–Kier alpha value is -3.42. The largest absolute Gasteiger partial charge is 0.494 e. The number of carbonyl (C=O) groups excluding carboxylic acids is 1. The Labute approximate surface area is 188 Å². The monoisotopic (exact) mass is 435 g/mol. The molecule has 1 aliphatic heterocycles. The summed E-state index contributed by atoms with van der Waals surface area (Å²) in [5.74, 6) is 3.23. The minimum Gasteiger partial charge on any atom is -0.494 e. The quantitative estimate of drug-likeness (QED) is 0.561. The van der Waals surface area contributed by atoms with Crippen molar-refractivity contribution in [2.45, 2.75) is 33.1 Å². The predicted molar refractivity (Wildman–Crippen MR) is 122 cm³/mol. The number of hydrogen-bond acceptors (Lipinski definition) is 7. The van der Waals surface area contributed by atoms with Crippen LogP contribution >= 0.6 is 0 Å². The fourth-order valence-electron chi connectivity index (χ4n) is 3.63. The highest BCUT2D eigenvalue weighted by atomic mass is 16.5. The molecular formula is C24H29N5O3. The average molecular weight is 436 g/mol. The molecular weight excluding hydrogens is 406 g/mol. The number of piperazine rings is 1. The van der Waals surface area contributed by atoms with Gasteiger partial charge in [0.15, 0.2) is 0 Å². The molecule has 0 N–H and O–H groups in total. The van der Waals surface area contributed by atoms with Gasteiger partial charge in [-0.15, -0.1) is 0 Å². The van der Waals surface area contributed by atoms with Gasteiger partial charge in [0, 0.05) is 43.9 Å². The van der Waals surface area contributed by atoms with Crippen LogP contribution in [0.25, 0.3) is 11.4 Å². The van der Waals surface area contributed by atoms with Crippen molar-refractivity contribution in [2.75, 3.05) is 37.7 Å². The Bertz CT molecular complexity index is 1020. The van der Waals surface area contributed by atoms with Gasteiger partial charge in [-0.3, -0.25) is 4.79 Å². The van der Waals surface area contributed by atoms with E-state index in [2.05, 4.69) is 20.0 Å². The number of hydrogen-bond donors (Lipinski definition) is 0. The van der Waals surface area contributed by atoms with Gasteiger partial charge >= 0.3 is 0 Å². The molecule has 0 bridgehead atoms. The van der Waals surface area contributed by atoms with Crippen LogP contribution in [0.1, 0.15) is 38.1 Å². The van der Waals surface area contributed by atoms with Crippen LogP contribution in [0.15, 0.2) is 47.1 Å². The fourth-order valence-corrected chi connectivity index (χ4v) is 3.63. The third kappa shape index (κ3) is 5.07. The maximum atomic E-state index is 12.7. The Morgan fingerprint density at radius 3 is 2.44 bits per heavy atom. The number of rotatable bonds is 7. The summed E-state index contributed by atoms with van der Waals surface area (Å²) in [6, 6.07) is 11.7. The summed E-state index contributed by atoms with van der Waals surface area (Å²) in [6.45, 7) is 9.49. The fraction of sp³-hybridized carbons (Fsp3) is 0.417. The maximum absolute atomic E-state index is 12.7. The van der Waals surface area contributed by atoms with Crippen LogP contribution < -0.4 is 9.64 Å². The number of benzene rings is 1. The molecule has 1 saturated heterocycles. The SMILES string of the molecule is CCOc1ccc(CC(=O)N2CCN(c3ccc(-c4noc(C(C)C)n4)cn3)CC2)cc1. The second-order valence-corrected chi connectivity index (χ2v) is 8.14. The van der Waals surface area contributed by atoms with E-state index in [-0.39, 0.29) is 11.8 Å². The molecule has 3 heterocycles. The van der Waals surface area contributed by atoms with Crippen LogP contribution in [-0.4, -0.2) is 58.7 Å². The van der Waals surface area contributed by atoms with Crippen molar-refractivity contribution >= 4 is 11.7 Å². The summed E-state index contributed by atoms with van der Waals surface area (Å²) in [6.07, 6.45) is 2.18. The molecule has 1 amide bonds. The van der Waals surface area contributed by atoms with Crippen molar-refractivity contribution in [2.24, 2.45) is 0 Å². The predicted octanol–water partition coefficient (Wildman–Crippen LogP) is 3.55. The lowest BCUT2D eigenvalue weighted by molar-refractivity contribution is -0.130. The number of aromatic nitrogens is 3. The second-order valence-electron chi connectivity index (χ2n) is 8.14. The minimum absolute atomic E-state index is 0.148. The molecule has 0 spiro atoms. The number of amides is 1. The van der Waals surface area contributed by atoms with E-state index in [1.807, 2.05) is 62.1 Å². The third-order valence-electron chi connectivity index (χ3n) is 5.49. The molecule has 0 aliphatic carbocycles. The molecule has 8 nitrogen and oxygen atoms in total. The summed E-state index contributed by atoms with van der Waals surface area (Å²) in [7, 11) is 0. The van der Waals surface area contributed by atoms with Crippen molar-refractivity contribution in [1.29, 1.82) is 0 Å². The Morgan fingerprint density at radius 1 is 1.09 bits per heavy atom. The summed E-state index contributed by atoms with van der Waals surface area (Å²) in [5.41, 5.74) is 1.83. The lowest BCUT2D eigenvalue weighted by Gasteiger charge is -2.35. The first-order valence-corrected chi connectivity index (χ1v) is 11.1. The van der Waals surface area contributed by atoms with Crippen LogP contribution in [0, 0.1) is 0 Å². The topological polar surface area (TPSA) is 84.6 Å². The first kappa shape index (κ1) is 21.8. The van der Waals surface area contributed by atoms with Crippen LogP contribution in [0.2, 0.25) is 0 Å². The van der Waals surface area contributed by atoms with Crippen LogP contribution in [0.4, 0.5) is 5.82 Å². The van der Waals surface area contributed by atoms with E-state index in [4.69, 9.17) is 9.26 Å². The van der Waals surface area contributed by atoms with Crippen molar-refractivity contribution < 1.29 is 14.1 Å². The average Bonchev–Trinajstić information content (AvgIpc) is 3.32. The van der Waals surface area contributed by atoms with E-state index in [0.717, 1.165) is 35.8 Å². The number of pyridine rings is 1. The molecule has 3 aromatic rings. The molecule has 1 fully saturated rings. The van der Waals surface area contributed by atoms with Gasteiger partial charge in [-0.1, -0.05) is 31.1 Å². The molecule has 1 aromatic carbocycles. The van der Waals surface area contributed by atoms with Gasteiger partial charge < -0.3 is 19.1 Å². The Kier molecular flexibility index (Phi) is 6.68. The van der Waals surface area contributed by atoms with Crippen molar-refractivity contribution in [3.8, 4) is 17.1 Å². The number of nitrogens with zero attached hydrogens (tertiary/aromatic N) is 5. The van der Waals surface area contributed by atoms with Crippen LogP contribution in [0.5, 0.6) is 5.75 Å². The van der Waals surface area contributed by atoms with Crippen LogP contribution in [-0.2, 0) is 11.2 Å². The van der Waals surface area contributed by atoms with Gasteiger partial charge in [0.05, 0.1) is 13.0 Å². The highest BCUT2D eigenvalue weighted by molar-refractivity contribution is 5.79. The van der Waals surface area contributed by atoms with Gasteiger partial charge in [-0.2, -0.15) is 4.98 Å². The highest BCUT2D eigenvalue weighted by Gasteiger charge is 2.22. The first-order chi connectivity index (χ1) is 15.5. The molecule has 4 rings (SSSR count). The minimum atomic E-state index is 0.148. The zero-order chi connectivity index (χ0) is 22.5. The summed E-state index contributed by atoms with van der Waals surface area (Å²) >= 11 is 0. The smallest absolute Gasteiger partial charge is 0.229 e. The van der Waals surface area contributed by atoms with E-state index in [0.29, 0.717) is 37.8 Å². The van der Waals surface area contributed by atoms with E-state index in [1.165, 1.54) is 0 Å². The highest BCUT2D eigenvalue weighted by Crippen LogP contribution is 2.22. The van der Waals surface area contributed by atoms with Gasteiger partial charge in [-0.25, -0.2) is 4.98 Å². The molecule has 32 heavy (non-hydrogen) atoms. The summed E-state index contributed by atoms with van der Waals surface area (Å²) in [4.78, 5) is 25.8. The van der Waals surface area contributed by atoms with E-state index < -0.39 is 0 Å². The van der Waals surface area contributed by atoms with E-state index in [9.17, 15) is 4.79 Å². The zero-order valence-electron chi connectivity index (χ0n) is 18.8. The molecule has 168 valence electrons. The lowest BCUT2D eigenvalue weighted by atomic mass is 10.1. The maximum Gasteiger partial charge on any atom is 0.229 e. The zero-order valence-corrected chi connectivity index (χ0v) is 18.8. The molecule has 0 unspecified atom stereocenters. The second kappa shape index (κ2) is 9.80. The van der Waals surface area contributed by atoms with Crippen molar-refractivity contribution in [3.05, 3.63) is 54.0 Å². The van der Waals surface area contributed by atoms with E-state index in [1.54, 1.807) is 6.20 Å². The lowest BCUT2D eigenvalue weighted by Crippen LogP contribution is -2.49. The van der Waals surface area contributed by atoms with Gasteiger partial charge in [0.25, 0.3) is 0 Å². The van der Waals surface area contributed by atoms with Gasteiger partial charge in [0.2, 0.25) is 17.6 Å². The number of anilines is 1.